The van der Waals surface area contributed by atoms with Crippen molar-refractivity contribution >= 4 is 0 Å². The highest BCUT2D eigenvalue weighted by Crippen LogP contribution is 2.22. The first-order valence-corrected chi connectivity index (χ1v) is 6.14. The Balaban J connectivity index is 2.43. The Morgan fingerprint density at radius 3 is 2.39 bits per heavy atom. The Bertz CT molecular complexity index is 526. The summed E-state index contributed by atoms with van der Waals surface area (Å²) in [6.45, 7) is 5.19. The second-order valence-corrected chi connectivity index (χ2v) is 4.46. The summed E-state index contributed by atoms with van der Waals surface area (Å²) in [5.41, 5.74) is 5.05. The molecule has 0 aliphatic rings. The van der Waals surface area contributed by atoms with Crippen LogP contribution in [0, 0.1) is 13.8 Å². The highest BCUT2D eigenvalue weighted by molar-refractivity contribution is 5.43. The van der Waals surface area contributed by atoms with Crippen molar-refractivity contribution in [1.82, 2.24) is 9.88 Å². The van der Waals surface area contributed by atoms with Crippen LogP contribution in [-0.2, 0) is 6.54 Å². The van der Waals surface area contributed by atoms with Gasteiger partial charge in [-0.25, -0.2) is 0 Å². The molecule has 0 bridgehead atoms. The second kappa shape index (κ2) is 5.27. The molecule has 2 aromatic rings. The number of nitrogens with zero attached hydrogens (tertiary/aromatic N) is 1. The summed E-state index contributed by atoms with van der Waals surface area (Å²) in [4.78, 5) is 0. The molecule has 0 aliphatic heterocycles. The Hall–Kier alpha value is -1.74. The number of aryl methyl sites for hydroxylation is 1. The Kier molecular flexibility index (Phi) is 3.72. The third-order valence-corrected chi connectivity index (χ3v) is 3.23. The smallest absolute Gasteiger partial charge is 0.119 e. The summed E-state index contributed by atoms with van der Waals surface area (Å²) in [6, 6.07) is 10.4. The van der Waals surface area contributed by atoms with E-state index in [1.807, 2.05) is 19.2 Å². The molecule has 0 radical (unpaired) electrons. The maximum Gasteiger partial charge on any atom is 0.119 e. The van der Waals surface area contributed by atoms with Gasteiger partial charge in [-0.1, -0.05) is 0 Å². The first-order chi connectivity index (χ1) is 8.67. The molecule has 96 valence electrons. The van der Waals surface area contributed by atoms with Crippen molar-refractivity contribution in [3.8, 4) is 11.4 Å². The van der Waals surface area contributed by atoms with E-state index in [0.717, 1.165) is 12.3 Å². The molecule has 0 atom stereocenters. The fourth-order valence-electron chi connectivity index (χ4n) is 2.33. The quantitative estimate of drug-likeness (QED) is 0.895. The minimum Gasteiger partial charge on any atom is -0.497 e. The lowest BCUT2D eigenvalue weighted by atomic mass is 10.2. The van der Waals surface area contributed by atoms with Crippen molar-refractivity contribution in [1.29, 1.82) is 0 Å². The van der Waals surface area contributed by atoms with E-state index in [0.29, 0.717) is 0 Å². The molecule has 2 rings (SSSR count). The Morgan fingerprint density at radius 1 is 1.17 bits per heavy atom. The number of aromatic nitrogens is 1. The van der Waals surface area contributed by atoms with Crippen molar-refractivity contribution < 1.29 is 4.74 Å². The molecular formula is C15H20N2O. The molecule has 0 fully saturated rings. The Morgan fingerprint density at radius 2 is 1.83 bits per heavy atom. The van der Waals surface area contributed by atoms with Crippen molar-refractivity contribution in [3.63, 3.8) is 0 Å². The van der Waals surface area contributed by atoms with Gasteiger partial charge in [-0.05, 0) is 56.8 Å². The first kappa shape index (κ1) is 12.7. The summed E-state index contributed by atoms with van der Waals surface area (Å²) >= 11 is 0. The van der Waals surface area contributed by atoms with Crippen LogP contribution in [0.2, 0.25) is 0 Å². The van der Waals surface area contributed by atoms with Gasteiger partial charge in [-0.2, -0.15) is 0 Å². The first-order valence-electron chi connectivity index (χ1n) is 6.14. The van der Waals surface area contributed by atoms with Crippen LogP contribution in [0.15, 0.2) is 30.3 Å². The van der Waals surface area contributed by atoms with Crippen molar-refractivity contribution in [2.75, 3.05) is 14.2 Å². The summed E-state index contributed by atoms with van der Waals surface area (Å²) in [5, 5.41) is 3.20. The molecular weight excluding hydrogens is 224 g/mol. The zero-order valence-electron chi connectivity index (χ0n) is 11.4. The average Bonchev–Trinajstić information content (AvgIpc) is 2.65. The van der Waals surface area contributed by atoms with Gasteiger partial charge >= 0.3 is 0 Å². The predicted octanol–water partition coefficient (Wildman–Crippen LogP) is 2.82. The monoisotopic (exact) mass is 244 g/mol. The summed E-state index contributed by atoms with van der Waals surface area (Å²) in [6.07, 6.45) is 0. The summed E-state index contributed by atoms with van der Waals surface area (Å²) in [7, 11) is 3.66. The second-order valence-electron chi connectivity index (χ2n) is 4.46. The van der Waals surface area contributed by atoms with Gasteiger partial charge in [0.2, 0.25) is 0 Å². The van der Waals surface area contributed by atoms with Crippen LogP contribution in [0.25, 0.3) is 5.69 Å². The van der Waals surface area contributed by atoms with E-state index in [4.69, 9.17) is 4.74 Å². The van der Waals surface area contributed by atoms with Crippen molar-refractivity contribution in [2.45, 2.75) is 20.4 Å². The predicted molar refractivity (Wildman–Crippen MR) is 74.6 cm³/mol. The molecule has 0 aliphatic carbocycles. The van der Waals surface area contributed by atoms with E-state index in [2.05, 4.69) is 41.9 Å². The standard InChI is InChI=1S/C15H20N2O/c1-11-9-13(10-16-3)12(2)17(11)14-5-7-15(18-4)8-6-14/h5-9,16H,10H2,1-4H3. The lowest BCUT2D eigenvalue weighted by molar-refractivity contribution is 0.414. The number of ether oxygens (including phenoxy) is 1. The van der Waals surface area contributed by atoms with E-state index in [9.17, 15) is 0 Å². The molecule has 18 heavy (non-hydrogen) atoms. The van der Waals surface area contributed by atoms with Crippen LogP contribution in [0.5, 0.6) is 5.75 Å². The highest BCUT2D eigenvalue weighted by Gasteiger charge is 2.09. The van der Waals surface area contributed by atoms with E-state index in [-0.39, 0.29) is 0 Å². The molecule has 0 amide bonds. The summed E-state index contributed by atoms with van der Waals surface area (Å²) in [5.74, 6) is 0.886. The maximum absolute atomic E-state index is 5.19. The molecule has 3 nitrogen and oxygen atoms in total. The SMILES string of the molecule is CNCc1cc(C)n(-c2ccc(OC)cc2)c1C. The van der Waals surface area contributed by atoms with E-state index >= 15 is 0 Å². The normalized spacial score (nSPS) is 10.7. The van der Waals surface area contributed by atoms with Crippen LogP contribution < -0.4 is 10.1 Å². The topological polar surface area (TPSA) is 26.2 Å². The summed E-state index contributed by atoms with van der Waals surface area (Å²) < 4.78 is 7.46. The molecule has 0 unspecified atom stereocenters. The zero-order valence-corrected chi connectivity index (χ0v) is 11.4. The van der Waals surface area contributed by atoms with E-state index < -0.39 is 0 Å². The molecule has 0 saturated carbocycles. The van der Waals surface area contributed by atoms with Gasteiger partial charge in [0.05, 0.1) is 7.11 Å². The molecule has 1 aromatic heterocycles. The molecule has 1 heterocycles. The number of hydrogen-bond acceptors (Lipinski definition) is 2. The van der Waals surface area contributed by atoms with Gasteiger partial charge in [0, 0.05) is 23.6 Å². The number of nitrogens with one attached hydrogen (secondary N) is 1. The number of hydrogen-bond donors (Lipinski definition) is 1. The zero-order chi connectivity index (χ0) is 13.1. The molecule has 0 saturated heterocycles. The minimum absolute atomic E-state index is 0.886. The highest BCUT2D eigenvalue weighted by atomic mass is 16.5. The van der Waals surface area contributed by atoms with Gasteiger partial charge in [0.1, 0.15) is 5.75 Å². The lowest BCUT2D eigenvalue weighted by Gasteiger charge is -2.10. The van der Waals surface area contributed by atoms with E-state index in [1.54, 1.807) is 7.11 Å². The maximum atomic E-state index is 5.19. The number of rotatable bonds is 4. The van der Waals surface area contributed by atoms with Gasteiger partial charge < -0.3 is 14.6 Å². The molecule has 3 heteroatoms. The Labute approximate surface area is 108 Å². The van der Waals surface area contributed by atoms with Gasteiger partial charge in [0.15, 0.2) is 0 Å². The van der Waals surface area contributed by atoms with Crippen LogP contribution in [0.1, 0.15) is 17.0 Å². The fraction of sp³-hybridized carbons (Fsp3) is 0.333. The van der Waals surface area contributed by atoms with Gasteiger partial charge in [-0.3, -0.25) is 0 Å². The van der Waals surface area contributed by atoms with Crippen LogP contribution in [0.4, 0.5) is 0 Å². The minimum atomic E-state index is 0.886. The van der Waals surface area contributed by atoms with Gasteiger partial charge in [0.25, 0.3) is 0 Å². The largest absolute Gasteiger partial charge is 0.497 e. The van der Waals surface area contributed by atoms with Crippen LogP contribution >= 0.6 is 0 Å². The third-order valence-electron chi connectivity index (χ3n) is 3.23. The van der Waals surface area contributed by atoms with E-state index in [1.165, 1.54) is 22.6 Å². The number of methoxy groups -OCH3 is 1. The molecule has 1 aromatic carbocycles. The number of benzene rings is 1. The van der Waals surface area contributed by atoms with Crippen molar-refractivity contribution in [3.05, 3.63) is 47.3 Å². The third kappa shape index (κ3) is 2.27. The lowest BCUT2D eigenvalue weighted by Crippen LogP contribution is -2.06. The van der Waals surface area contributed by atoms with Crippen LogP contribution in [-0.4, -0.2) is 18.7 Å². The van der Waals surface area contributed by atoms with Crippen LogP contribution in [0.3, 0.4) is 0 Å². The van der Waals surface area contributed by atoms with Gasteiger partial charge in [-0.15, -0.1) is 0 Å². The molecule has 0 spiro atoms. The van der Waals surface area contributed by atoms with Crippen molar-refractivity contribution in [2.24, 2.45) is 0 Å². The fourth-order valence-corrected chi connectivity index (χ4v) is 2.33. The molecule has 1 N–H and O–H groups in total. The average molecular weight is 244 g/mol.